The molecule has 0 unspecified atom stereocenters. The average Bonchev–Trinajstić information content (AvgIpc) is 3.40. The normalized spacial score (nSPS) is 11.7. The Morgan fingerprint density at radius 3 is 1.51 bits per heavy atom. The van der Waals surface area contributed by atoms with Crippen LogP contribution in [0.2, 0.25) is 0 Å². The molecule has 0 spiro atoms. The number of hydrogen-bond acceptors (Lipinski definition) is 0. The molecule has 186 valence electrons. The number of halogens is 1. The molecule has 7 aromatic rings. The van der Waals surface area contributed by atoms with Gasteiger partial charge in [-0.05, 0) is 0 Å². The van der Waals surface area contributed by atoms with E-state index in [4.69, 9.17) is 0 Å². The van der Waals surface area contributed by atoms with E-state index in [0.29, 0.717) is 0 Å². The Morgan fingerprint density at radius 2 is 0.923 bits per heavy atom. The summed E-state index contributed by atoms with van der Waals surface area (Å²) in [5, 5.41) is 8.37. The molecule has 1 heterocycles. The quantitative estimate of drug-likeness (QED) is 0.142. The average molecular weight is 645 g/mol. The van der Waals surface area contributed by atoms with Crippen LogP contribution in [0, 0.1) is 0 Å². The van der Waals surface area contributed by atoms with Crippen LogP contribution in [0.5, 0.6) is 0 Å². The molecule has 0 saturated carbocycles. The summed E-state index contributed by atoms with van der Waals surface area (Å²) in [6, 6.07) is 56.3. The monoisotopic (exact) mass is 644 g/mol. The summed E-state index contributed by atoms with van der Waals surface area (Å²) in [5.74, 6) is 0. The van der Waals surface area contributed by atoms with Gasteiger partial charge in [0.1, 0.15) is 0 Å². The minimum atomic E-state index is -2.56. The Bertz CT molecular complexity index is 1810. The molecule has 0 aliphatic rings. The molecule has 0 saturated heterocycles. The Labute approximate surface area is 244 Å². The van der Waals surface area contributed by atoms with E-state index in [9.17, 15) is 0 Å². The second-order valence-electron chi connectivity index (χ2n) is 9.83. The van der Waals surface area contributed by atoms with Gasteiger partial charge in [0.15, 0.2) is 0 Å². The van der Waals surface area contributed by atoms with Crippen molar-refractivity contribution in [3.05, 3.63) is 156 Å². The van der Waals surface area contributed by atoms with E-state index < -0.39 is 8.07 Å². The molecular weight excluding hydrogens is 619 g/mol. The number of rotatable bonds is 5. The summed E-state index contributed by atoms with van der Waals surface area (Å²) >= 11 is 4.08. The van der Waals surface area contributed by atoms with Crippen molar-refractivity contribution in [2.24, 2.45) is 0 Å². The number of benzene rings is 6. The van der Waals surface area contributed by atoms with Crippen LogP contribution in [-0.2, 0) is 0 Å². The van der Waals surface area contributed by atoms with Crippen LogP contribution in [-0.4, -0.2) is 22.6 Å². The topological polar surface area (TPSA) is 0 Å². The van der Waals surface area contributed by atoms with Crippen molar-refractivity contribution in [1.82, 2.24) is 0 Å². The van der Waals surface area contributed by atoms with Crippen LogP contribution in [0.3, 0.4) is 0 Å². The van der Waals surface area contributed by atoms with Crippen LogP contribution < -0.4 is 20.7 Å². The van der Waals surface area contributed by atoms with Gasteiger partial charge in [-0.3, -0.25) is 0 Å². The second kappa shape index (κ2) is 10.3. The van der Waals surface area contributed by atoms with Gasteiger partial charge in [-0.25, -0.2) is 0 Å². The van der Waals surface area contributed by atoms with E-state index in [1.807, 2.05) is 0 Å². The van der Waals surface area contributed by atoms with Gasteiger partial charge < -0.3 is 0 Å². The predicted molar refractivity (Wildman–Crippen MR) is 175 cm³/mol. The van der Waals surface area contributed by atoms with Gasteiger partial charge in [-0.1, -0.05) is 0 Å². The van der Waals surface area contributed by atoms with Crippen LogP contribution in [0.1, 0.15) is 0 Å². The zero-order chi connectivity index (χ0) is 26.2. The first-order chi connectivity index (χ1) is 19.3. The first-order valence-corrected chi connectivity index (χ1v) is 17.6. The molecule has 3 heteroatoms. The van der Waals surface area contributed by atoms with Crippen LogP contribution in [0.4, 0.5) is 0 Å². The van der Waals surface area contributed by atoms with Gasteiger partial charge in [0.05, 0.1) is 0 Å². The molecule has 0 aliphatic carbocycles. The molecule has 0 fully saturated rings. The third-order valence-corrected chi connectivity index (χ3v) is 16.4. The molecular formula is C36H25BrSeSi. The summed E-state index contributed by atoms with van der Waals surface area (Å²) in [6.45, 7) is 0. The van der Waals surface area contributed by atoms with E-state index in [-0.39, 0.29) is 14.5 Å². The summed E-state index contributed by atoms with van der Waals surface area (Å²) < 4.78 is 4.15. The zero-order valence-corrected chi connectivity index (χ0v) is 25.5. The van der Waals surface area contributed by atoms with E-state index in [1.165, 1.54) is 55.6 Å². The van der Waals surface area contributed by atoms with Crippen molar-refractivity contribution in [1.29, 1.82) is 0 Å². The molecule has 0 nitrogen and oxygen atoms in total. The Morgan fingerprint density at radius 1 is 0.436 bits per heavy atom. The van der Waals surface area contributed by atoms with Crippen LogP contribution in [0.15, 0.2) is 156 Å². The summed E-state index contributed by atoms with van der Waals surface area (Å²) in [5.41, 5.74) is 2.66. The van der Waals surface area contributed by atoms with Gasteiger partial charge in [0.25, 0.3) is 0 Å². The molecule has 1 aromatic heterocycles. The van der Waals surface area contributed by atoms with Crippen molar-refractivity contribution in [3.8, 4) is 11.1 Å². The fourth-order valence-electron chi connectivity index (χ4n) is 6.00. The Balaban J connectivity index is 1.53. The van der Waals surface area contributed by atoms with E-state index in [1.54, 1.807) is 0 Å². The third-order valence-electron chi connectivity index (χ3n) is 7.70. The number of hydrogen-bond donors (Lipinski definition) is 0. The van der Waals surface area contributed by atoms with Crippen molar-refractivity contribution < 1.29 is 0 Å². The summed E-state index contributed by atoms with van der Waals surface area (Å²) in [6.07, 6.45) is 0. The minimum absolute atomic E-state index is 0.254. The standard InChI is InChI=1S/C36H25BrSeSi/c37-34-24-12-23-33-32-22-11-21-31(35(32)38-36(33)34)26-13-10-20-30(25-26)39(27-14-4-1-5-15-27,28-16-6-2-7-17-28)29-18-8-3-9-19-29/h1-25H. The van der Waals surface area contributed by atoms with E-state index >= 15 is 0 Å². The molecule has 0 aliphatic heterocycles. The van der Waals surface area contributed by atoms with Gasteiger partial charge in [0, 0.05) is 0 Å². The van der Waals surface area contributed by atoms with E-state index in [0.717, 1.165) is 0 Å². The van der Waals surface area contributed by atoms with Crippen LogP contribution >= 0.6 is 15.9 Å². The van der Waals surface area contributed by atoms with Gasteiger partial charge >= 0.3 is 246 Å². The number of fused-ring (bicyclic) bond motifs is 3. The summed E-state index contributed by atoms with van der Waals surface area (Å²) in [7, 11) is -2.56. The third kappa shape index (κ3) is 4.09. The molecule has 39 heavy (non-hydrogen) atoms. The zero-order valence-electron chi connectivity index (χ0n) is 21.2. The van der Waals surface area contributed by atoms with Crippen molar-refractivity contribution >= 4 is 78.5 Å². The Hall–Kier alpha value is -3.46. The summed E-state index contributed by atoms with van der Waals surface area (Å²) in [4.78, 5) is 0. The SMILES string of the molecule is Brc1cccc2c1[se]c1c(-c3cccc([Si](c4ccccc4)(c4ccccc4)c4ccccc4)c3)cccc12. The van der Waals surface area contributed by atoms with Crippen molar-refractivity contribution in [2.45, 2.75) is 0 Å². The Kier molecular flexibility index (Phi) is 6.46. The molecule has 0 amide bonds. The van der Waals surface area contributed by atoms with Crippen LogP contribution in [0.25, 0.3) is 30.4 Å². The van der Waals surface area contributed by atoms with E-state index in [2.05, 4.69) is 168 Å². The first-order valence-electron chi connectivity index (χ1n) is 13.1. The predicted octanol–water partition coefficient (Wildman–Crippen LogP) is 6.86. The van der Waals surface area contributed by atoms with Gasteiger partial charge in [-0.2, -0.15) is 0 Å². The fourth-order valence-corrected chi connectivity index (χ4v) is 14.2. The van der Waals surface area contributed by atoms with Gasteiger partial charge in [0.2, 0.25) is 0 Å². The second-order valence-corrected chi connectivity index (χ2v) is 16.6. The molecule has 0 radical (unpaired) electrons. The molecule has 6 aromatic carbocycles. The maximum absolute atomic E-state index is 3.82. The molecule has 0 N–H and O–H groups in total. The fraction of sp³-hybridized carbons (Fsp3) is 0. The molecule has 0 atom stereocenters. The van der Waals surface area contributed by atoms with Crippen molar-refractivity contribution in [3.63, 3.8) is 0 Å². The van der Waals surface area contributed by atoms with Crippen molar-refractivity contribution in [2.75, 3.05) is 0 Å². The first kappa shape index (κ1) is 24.6. The molecule has 0 bridgehead atoms. The van der Waals surface area contributed by atoms with Gasteiger partial charge in [-0.15, -0.1) is 0 Å². The molecule has 7 rings (SSSR count). The maximum atomic E-state index is 3.82.